The van der Waals surface area contributed by atoms with Crippen LogP contribution in [0.15, 0.2) is 36.4 Å². The molecule has 0 saturated heterocycles. The topological polar surface area (TPSA) is 51.5 Å². The van der Waals surface area contributed by atoms with Gasteiger partial charge in [0, 0.05) is 17.6 Å². The van der Waals surface area contributed by atoms with E-state index >= 15 is 0 Å². The highest BCUT2D eigenvalue weighted by Crippen LogP contribution is 2.37. The molecular weight excluding hydrogens is 435 g/mol. The van der Waals surface area contributed by atoms with Crippen molar-refractivity contribution in [2.24, 2.45) is 0 Å². The first-order chi connectivity index (χ1) is 14.3. The van der Waals surface area contributed by atoms with E-state index in [1.807, 2.05) is 0 Å². The summed E-state index contributed by atoms with van der Waals surface area (Å²) in [5.41, 5.74) is -0.969. The van der Waals surface area contributed by atoms with E-state index in [0.29, 0.717) is 12.1 Å². The Bertz CT molecular complexity index is 1150. The summed E-state index contributed by atoms with van der Waals surface area (Å²) in [4.78, 5) is 11.2. The van der Waals surface area contributed by atoms with Crippen LogP contribution in [0.1, 0.15) is 22.4 Å². The number of alkyl halides is 6. The number of aromatic nitrogens is 1. The van der Waals surface area contributed by atoms with E-state index in [1.165, 1.54) is 23.6 Å². The lowest BCUT2D eigenvalue weighted by atomic mass is 10.0. The van der Waals surface area contributed by atoms with E-state index in [4.69, 9.17) is 5.11 Å². The van der Waals surface area contributed by atoms with Crippen molar-refractivity contribution in [2.45, 2.75) is 32.4 Å². The maximum atomic E-state index is 14.2. The second-order valence-electron chi connectivity index (χ2n) is 6.76. The van der Waals surface area contributed by atoms with Crippen molar-refractivity contribution in [3.8, 4) is 5.75 Å². The maximum absolute atomic E-state index is 14.2. The Morgan fingerprint density at radius 1 is 1.10 bits per heavy atom. The van der Waals surface area contributed by atoms with Crippen LogP contribution in [0.3, 0.4) is 0 Å². The van der Waals surface area contributed by atoms with Gasteiger partial charge in [0.1, 0.15) is 11.6 Å². The molecule has 1 heterocycles. The van der Waals surface area contributed by atoms with Gasteiger partial charge in [-0.3, -0.25) is 4.79 Å². The van der Waals surface area contributed by atoms with Crippen molar-refractivity contribution in [3.63, 3.8) is 0 Å². The number of carboxylic acids is 1. The minimum absolute atomic E-state index is 0.0126. The predicted octanol–water partition coefficient (Wildman–Crippen LogP) is 5.68. The summed E-state index contributed by atoms with van der Waals surface area (Å²) in [6.07, 6.45) is -10.5. The van der Waals surface area contributed by atoms with E-state index in [0.717, 1.165) is 12.1 Å². The Kier molecular flexibility index (Phi) is 5.64. The summed E-state index contributed by atoms with van der Waals surface area (Å²) in [7, 11) is 0. The van der Waals surface area contributed by atoms with Gasteiger partial charge in [-0.1, -0.05) is 12.1 Å². The smallest absolute Gasteiger partial charge is 0.481 e. The molecule has 31 heavy (non-hydrogen) atoms. The van der Waals surface area contributed by atoms with Crippen molar-refractivity contribution < 1.29 is 45.4 Å². The fourth-order valence-electron chi connectivity index (χ4n) is 3.39. The highest BCUT2D eigenvalue weighted by atomic mass is 19.4. The second-order valence-corrected chi connectivity index (χ2v) is 6.76. The predicted molar refractivity (Wildman–Crippen MR) is 95.2 cm³/mol. The lowest BCUT2D eigenvalue weighted by Gasteiger charge is -2.13. The summed E-state index contributed by atoms with van der Waals surface area (Å²) < 4.78 is 96.2. The molecule has 0 bridgehead atoms. The van der Waals surface area contributed by atoms with Gasteiger partial charge in [-0.15, -0.1) is 13.2 Å². The lowest BCUT2D eigenvalue weighted by molar-refractivity contribution is -0.274. The number of carboxylic acid groups (broad SMARTS) is 1. The molecule has 0 radical (unpaired) electrons. The first-order valence-electron chi connectivity index (χ1n) is 8.71. The van der Waals surface area contributed by atoms with E-state index < -0.39 is 42.1 Å². The summed E-state index contributed by atoms with van der Waals surface area (Å²) in [5.74, 6) is -3.36. The lowest BCUT2D eigenvalue weighted by Crippen LogP contribution is -2.17. The number of nitrogens with zero attached hydrogens (tertiary/aromatic N) is 1. The largest absolute Gasteiger partial charge is 0.573 e. The maximum Gasteiger partial charge on any atom is 0.573 e. The molecule has 0 saturated carbocycles. The average Bonchev–Trinajstić information content (AvgIpc) is 2.84. The van der Waals surface area contributed by atoms with Crippen molar-refractivity contribution in [1.29, 1.82) is 0 Å². The van der Waals surface area contributed by atoms with E-state index in [9.17, 15) is 35.5 Å². The number of carbonyl (C=O) groups is 1. The van der Waals surface area contributed by atoms with Crippen LogP contribution < -0.4 is 4.74 Å². The molecule has 0 aliphatic carbocycles. The van der Waals surface area contributed by atoms with Gasteiger partial charge >= 0.3 is 18.5 Å². The second kappa shape index (κ2) is 7.78. The van der Waals surface area contributed by atoms with Gasteiger partial charge in [-0.05, 0) is 42.3 Å². The SMILES string of the molecule is Cc1c(CC(=O)O)c2cc(C(F)(F)F)c(F)cc2n1Cc1cccc(OC(F)(F)F)c1. The average molecular weight is 449 g/mol. The quantitative estimate of drug-likeness (QED) is 0.510. The number of fused-ring (bicyclic) bond motifs is 1. The zero-order valence-corrected chi connectivity index (χ0v) is 15.7. The fraction of sp³-hybridized carbons (Fsp3) is 0.250. The molecule has 0 amide bonds. The third-order valence-electron chi connectivity index (χ3n) is 4.65. The van der Waals surface area contributed by atoms with Crippen molar-refractivity contribution >= 4 is 16.9 Å². The zero-order chi connectivity index (χ0) is 23.1. The standard InChI is InChI=1S/C20H14F7NO3/c1-10-13(7-18(29)30)14-6-15(19(22,23)24)16(21)8-17(14)28(10)9-11-3-2-4-12(5-11)31-20(25,26)27/h2-6,8H,7,9H2,1H3,(H,29,30). The van der Waals surface area contributed by atoms with E-state index in [1.54, 1.807) is 0 Å². The molecular formula is C20H14F7NO3. The van der Waals surface area contributed by atoms with Gasteiger partial charge in [0.2, 0.25) is 0 Å². The van der Waals surface area contributed by atoms with Crippen LogP contribution in [0.25, 0.3) is 10.9 Å². The molecule has 3 rings (SSSR count). The molecule has 0 unspecified atom stereocenters. The molecule has 0 spiro atoms. The van der Waals surface area contributed by atoms with Gasteiger partial charge in [-0.2, -0.15) is 13.2 Å². The van der Waals surface area contributed by atoms with Crippen LogP contribution in [0.5, 0.6) is 5.75 Å². The number of hydrogen-bond acceptors (Lipinski definition) is 2. The van der Waals surface area contributed by atoms with Crippen LogP contribution in [-0.4, -0.2) is 22.0 Å². The van der Waals surface area contributed by atoms with Crippen molar-refractivity contribution in [3.05, 3.63) is 64.6 Å². The Labute approximate surface area is 170 Å². The third kappa shape index (κ3) is 4.92. The highest BCUT2D eigenvalue weighted by molar-refractivity contribution is 5.90. The van der Waals surface area contributed by atoms with Gasteiger partial charge in [-0.25, -0.2) is 4.39 Å². The number of aliphatic carboxylic acids is 1. The number of ether oxygens (including phenoxy) is 1. The molecule has 11 heteroatoms. The summed E-state index contributed by atoms with van der Waals surface area (Å²) in [5, 5.41) is 9.05. The molecule has 3 aromatic rings. The minimum atomic E-state index is -4.99. The first kappa shape index (κ1) is 22.4. The van der Waals surface area contributed by atoms with Gasteiger partial charge in [0.25, 0.3) is 0 Å². The number of rotatable bonds is 5. The van der Waals surface area contributed by atoms with E-state index in [2.05, 4.69) is 4.74 Å². The number of halogens is 7. The van der Waals surface area contributed by atoms with Gasteiger partial charge in [0.05, 0.1) is 17.5 Å². The molecule has 0 fully saturated rings. The molecule has 0 aliphatic heterocycles. The van der Waals surface area contributed by atoms with Crippen LogP contribution in [0, 0.1) is 12.7 Å². The molecule has 0 aliphatic rings. The van der Waals surface area contributed by atoms with Crippen LogP contribution in [0.2, 0.25) is 0 Å². The Hall–Kier alpha value is -3.24. The Morgan fingerprint density at radius 3 is 2.35 bits per heavy atom. The van der Waals surface area contributed by atoms with Crippen molar-refractivity contribution in [2.75, 3.05) is 0 Å². The van der Waals surface area contributed by atoms with Crippen molar-refractivity contribution in [1.82, 2.24) is 4.57 Å². The normalized spacial score (nSPS) is 12.4. The van der Waals surface area contributed by atoms with Gasteiger partial charge < -0.3 is 14.4 Å². The minimum Gasteiger partial charge on any atom is -0.481 e. The molecule has 2 aromatic carbocycles. The fourth-order valence-corrected chi connectivity index (χ4v) is 3.39. The number of benzene rings is 2. The third-order valence-corrected chi connectivity index (χ3v) is 4.65. The first-order valence-corrected chi connectivity index (χ1v) is 8.71. The van der Waals surface area contributed by atoms with Crippen LogP contribution in [-0.2, 0) is 23.9 Å². The molecule has 1 aromatic heterocycles. The Balaban J connectivity index is 2.14. The van der Waals surface area contributed by atoms with Crippen LogP contribution >= 0.6 is 0 Å². The molecule has 1 N–H and O–H groups in total. The highest BCUT2D eigenvalue weighted by Gasteiger charge is 2.35. The van der Waals surface area contributed by atoms with E-state index in [-0.39, 0.29) is 34.3 Å². The zero-order valence-electron chi connectivity index (χ0n) is 15.7. The molecule has 166 valence electrons. The molecule has 0 atom stereocenters. The molecule has 4 nitrogen and oxygen atoms in total. The summed E-state index contributed by atoms with van der Waals surface area (Å²) in [6, 6.07) is 6.09. The van der Waals surface area contributed by atoms with Crippen LogP contribution in [0.4, 0.5) is 30.7 Å². The summed E-state index contributed by atoms with van der Waals surface area (Å²) >= 11 is 0. The van der Waals surface area contributed by atoms with Gasteiger partial charge in [0.15, 0.2) is 0 Å². The Morgan fingerprint density at radius 2 is 1.77 bits per heavy atom. The summed E-state index contributed by atoms with van der Waals surface area (Å²) in [6.45, 7) is 1.29. The number of hydrogen-bond donors (Lipinski definition) is 1. The monoisotopic (exact) mass is 449 g/mol.